The van der Waals surface area contributed by atoms with Crippen molar-refractivity contribution in [3.8, 4) is 0 Å². The zero-order chi connectivity index (χ0) is 22.0. The van der Waals surface area contributed by atoms with Crippen LogP contribution in [-0.4, -0.2) is 72.0 Å². The van der Waals surface area contributed by atoms with E-state index in [1.54, 1.807) is 19.2 Å². The zero-order valence-corrected chi connectivity index (χ0v) is 18.1. The van der Waals surface area contributed by atoms with Gasteiger partial charge in [-0.1, -0.05) is 0 Å². The fourth-order valence-electron chi connectivity index (χ4n) is 5.23. The third kappa shape index (κ3) is 4.84. The van der Waals surface area contributed by atoms with Crippen molar-refractivity contribution in [1.29, 1.82) is 0 Å². The van der Waals surface area contributed by atoms with Crippen molar-refractivity contribution in [1.82, 2.24) is 15.1 Å². The summed E-state index contributed by atoms with van der Waals surface area (Å²) in [6.45, 7) is 4.15. The molecule has 3 N–H and O–H groups in total. The summed E-state index contributed by atoms with van der Waals surface area (Å²) >= 11 is 0. The molecular weight excluding hydrogens is 396 g/mol. The highest BCUT2D eigenvalue weighted by Gasteiger charge is 2.31. The molecule has 3 aliphatic heterocycles. The zero-order valence-electron chi connectivity index (χ0n) is 18.1. The molecule has 31 heavy (non-hydrogen) atoms. The summed E-state index contributed by atoms with van der Waals surface area (Å²) in [5.41, 5.74) is 2.17. The molecule has 8 nitrogen and oxygen atoms in total. The second-order valence-corrected chi connectivity index (χ2v) is 9.08. The fourth-order valence-corrected chi connectivity index (χ4v) is 5.23. The minimum Gasteiger partial charge on any atom is -0.481 e. The summed E-state index contributed by atoms with van der Waals surface area (Å²) in [4.78, 5) is 40.2. The summed E-state index contributed by atoms with van der Waals surface area (Å²) in [5.74, 6) is 0.248. The molecular formula is C23H32N4O4. The van der Waals surface area contributed by atoms with E-state index in [-0.39, 0.29) is 18.2 Å². The van der Waals surface area contributed by atoms with Crippen LogP contribution in [0.4, 0.5) is 5.69 Å². The van der Waals surface area contributed by atoms with Crippen LogP contribution < -0.4 is 10.6 Å². The van der Waals surface area contributed by atoms with E-state index in [4.69, 9.17) is 5.11 Å². The van der Waals surface area contributed by atoms with Crippen molar-refractivity contribution in [2.75, 3.05) is 38.5 Å². The van der Waals surface area contributed by atoms with Crippen molar-refractivity contribution in [2.24, 2.45) is 11.8 Å². The predicted molar refractivity (Wildman–Crippen MR) is 117 cm³/mol. The number of rotatable bonds is 4. The summed E-state index contributed by atoms with van der Waals surface area (Å²) in [7, 11) is 1.66. The first-order chi connectivity index (χ1) is 14.9. The lowest BCUT2D eigenvalue weighted by Gasteiger charge is -2.37. The molecule has 2 fully saturated rings. The molecule has 2 saturated heterocycles. The van der Waals surface area contributed by atoms with Gasteiger partial charge in [0.2, 0.25) is 5.91 Å². The number of hydrogen-bond donors (Lipinski definition) is 3. The highest BCUT2D eigenvalue weighted by Crippen LogP contribution is 2.32. The molecule has 1 aromatic rings. The number of carbonyl (C=O) groups is 3. The minimum absolute atomic E-state index is 0.0341. The minimum atomic E-state index is -1.03. The summed E-state index contributed by atoms with van der Waals surface area (Å²) in [5, 5.41) is 15.6. The smallest absolute Gasteiger partial charge is 0.305 e. The number of carboxylic acid groups (broad SMARTS) is 1. The lowest BCUT2D eigenvalue weighted by molar-refractivity contribution is -0.141. The van der Waals surface area contributed by atoms with Crippen molar-refractivity contribution in [2.45, 2.75) is 44.7 Å². The molecule has 168 valence electrons. The molecule has 0 aliphatic carbocycles. The van der Waals surface area contributed by atoms with Gasteiger partial charge >= 0.3 is 5.97 Å². The van der Waals surface area contributed by atoms with Gasteiger partial charge in [0.25, 0.3) is 5.91 Å². The molecule has 1 aromatic carbocycles. The van der Waals surface area contributed by atoms with Gasteiger partial charge in [0.1, 0.15) is 6.04 Å². The Bertz CT molecular complexity index is 844. The molecule has 0 saturated carbocycles. The first kappa shape index (κ1) is 21.6. The molecule has 0 aromatic heterocycles. The SMILES string of the molecule is CN1Cc2cc(C(=O)N3CCC(C4CCNCC4)CC3)ccc2N[C@H](CC(=O)O)C1=O. The Morgan fingerprint density at radius 2 is 1.77 bits per heavy atom. The van der Waals surface area contributed by atoms with Gasteiger partial charge in [-0.2, -0.15) is 0 Å². The quantitative estimate of drug-likeness (QED) is 0.676. The van der Waals surface area contributed by atoms with Gasteiger partial charge in [0.15, 0.2) is 0 Å². The number of hydrogen-bond acceptors (Lipinski definition) is 5. The lowest BCUT2D eigenvalue weighted by Crippen LogP contribution is -2.42. The van der Waals surface area contributed by atoms with Gasteiger partial charge in [0, 0.05) is 37.9 Å². The number of nitrogens with one attached hydrogen (secondary N) is 2. The molecule has 2 amide bonds. The average Bonchev–Trinajstić information content (AvgIpc) is 2.89. The number of likely N-dealkylation sites (N-methyl/N-ethyl adjacent to an activating group) is 1. The van der Waals surface area contributed by atoms with Crippen LogP contribution in [0.5, 0.6) is 0 Å². The van der Waals surface area contributed by atoms with E-state index in [1.807, 2.05) is 11.0 Å². The van der Waals surface area contributed by atoms with Gasteiger partial charge in [-0.25, -0.2) is 0 Å². The van der Waals surface area contributed by atoms with Gasteiger partial charge in [-0.05, 0) is 74.4 Å². The van der Waals surface area contributed by atoms with E-state index in [0.29, 0.717) is 23.7 Å². The number of amides is 2. The summed E-state index contributed by atoms with van der Waals surface area (Å²) in [6.07, 6.45) is 4.33. The Balaban J connectivity index is 1.43. The highest BCUT2D eigenvalue weighted by molar-refractivity contribution is 5.96. The van der Waals surface area contributed by atoms with Crippen LogP contribution in [0.15, 0.2) is 18.2 Å². The standard InChI is InChI=1S/C23H32N4O4/c1-26-14-18-12-17(2-3-19(18)25-20(23(26)31)13-21(28)29)22(30)27-10-6-16(7-11-27)15-4-8-24-9-5-15/h2-3,12,15-16,20,24-25H,4-11,13-14H2,1H3,(H,28,29)/t20-/m1/s1. The van der Waals surface area contributed by atoms with Crippen LogP contribution in [0.25, 0.3) is 0 Å². The Morgan fingerprint density at radius 1 is 1.10 bits per heavy atom. The second kappa shape index (κ2) is 9.26. The number of nitrogens with zero attached hydrogens (tertiary/aromatic N) is 2. The lowest BCUT2D eigenvalue weighted by atomic mass is 9.79. The van der Waals surface area contributed by atoms with Gasteiger partial charge in [-0.15, -0.1) is 0 Å². The molecule has 0 spiro atoms. The molecule has 4 rings (SSSR count). The number of carboxylic acids is 1. The first-order valence-electron chi connectivity index (χ1n) is 11.3. The topological polar surface area (TPSA) is 102 Å². The molecule has 3 heterocycles. The van der Waals surface area contributed by atoms with Crippen LogP contribution in [0.1, 0.15) is 48.0 Å². The van der Waals surface area contributed by atoms with Gasteiger partial charge < -0.3 is 25.5 Å². The van der Waals surface area contributed by atoms with Crippen molar-refractivity contribution < 1.29 is 19.5 Å². The normalized spacial score (nSPS) is 23.1. The first-order valence-corrected chi connectivity index (χ1v) is 11.3. The van der Waals surface area contributed by atoms with Crippen LogP contribution in [0, 0.1) is 11.8 Å². The number of piperidine rings is 2. The van der Waals surface area contributed by atoms with Gasteiger partial charge in [-0.3, -0.25) is 14.4 Å². The van der Waals surface area contributed by atoms with Crippen molar-refractivity contribution in [3.05, 3.63) is 29.3 Å². The van der Waals surface area contributed by atoms with Gasteiger partial charge in [0.05, 0.1) is 6.42 Å². The maximum absolute atomic E-state index is 13.1. The molecule has 8 heteroatoms. The largest absolute Gasteiger partial charge is 0.481 e. The average molecular weight is 429 g/mol. The van der Waals surface area contributed by atoms with Crippen LogP contribution in [-0.2, 0) is 16.1 Å². The number of carbonyl (C=O) groups excluding carboxylic acids is 2. The maximum atomic E-state index is 13.1. The monoisotopic (exact) mass is 428 g/mol. The van der Waals surface area contributed by atoms with Crippen molar-refractivity contribution >= 4 is 23.5 Å². The molecule has 0 bridgehead atoms. The van der Waals surface area contributed by atoms with E-state index in [0.717, 1.165) is 50.5 Å². The van der Waals surface area contributed by atoms with E-state index < -0.39 is 12.0 Å². The number of aliphatic carboxylic acids is 1. The van der Waals surface area contributed by atoms with E-state index in [1.165, 1.54) is 17.7 Å². The third-order valence-electron chi connectivity index (χ3n) is 7.02. The Morgan fingerprint density at radius 3 is 2.45 bits per heavy atom. The number of anilines is 1. The fraction of sp³-hybridized carbons (Fsp3) is 0.609. The Labute approximate surface area is 183 Å². The Hall–Kier alpha value is -2.61. The predicted octanol–water partition coefficient (Wildman–Crippen LogP) is 1.77. The third-order valence-corrected chi connectivity index (χ3v) is 7.02. The molecule has 0 radical (unpaired) electrons. The number of fused-ring (bicyclic) bond motifs is 1. The summed E-state index contributed by atoms with van der Waals surface area (Å²) in [6, 6.07) is 4.61. The summed E-state index contributed by atoms with van der Waals surface area (Å²) < 4.78 is 0. The molecule has 3 aliphatic rings. The van der Waals surface area contributed by atoms with Crippen LogP contribution >= 0.6 is 0 Å². The van der Waals surface area contributed by atoms with E-state index in [2.05, 4.69) is 10.6 Å². The number of benzene rings is 1. The Kier molecular flexibility index (Phi) is 6.46. The van der Waals surface area contributed by atoms with E-state index in [9.17, 15) is 14.4 Å². The van der Waals surface area contributed by atoms with Crippen LogP contribution in [0.3, 0.4) is 0 Å². The van der Waals surface area contributed by atoms with Crippen LogP contribution in [0.2, 0.25) is 0 Å². The van der Waals surface area contributed by atoms with Crippen molar-refractivity contribution in [3.63, 3.8) is 0 Å². The second-order valence-electron chi connectivity index (χ2n) is 9.08. The molecule has 1 atom stereocenters. The highest BCUT2D eigenvalue weighted by atomic mass is 16.4. The number of likely N-dealkylation sites (tertiary alicyclic amines) is 1. The maximum Gasteiger partial charge on any atom is 0.305 e. The van der Waals surface area contributed by atoms with E-state index >= 15 is 0 Å². The molecule has 0 unspecified atom stereocenters.